The van der Waals surface area contributed by atoms with Gasteiger partial charge in [0.15, 0.2) is 0 Å². The van der Waals surface area contributed by atoms with Gasteiger partial charge >= 0.3 is 6.03 Å². The largest absolute Gasteiger partial charge is 0.335 e. The molecule has 1 fully saturated rings. The monoisotopic (exact) mass is 332 g/mol. The van der Waals surface area contributed by atoms with E-state index in [-0.39, 0.29) is 12.1 Å². The van der Waals surface area contributed by atoms with E-state index in [0.29, 0.717) is 16.8 Å². The average Bonchev–Trinajstić information content (AvgIpc) is 3.06. The van der Waals surface area contributed by atoms with E-state index in [0.717, 1.165) is 31.2 Å². The highest BCUT2D eigenvalue weighted by atomic mass is 35.5. The van der Waals surface area contributed by atoms with Gasteiger partial charge in [-0.1, -0.05) is 17.7 Å². The second-order valence-electron chi connectivity index (χ2n) is 6.05. The van der Waals surface area contributed by atoms with Gasteiger partial charge in [-0.25, -0.2) is 4.79 Å². The molecule has 1 aromatic heterocycles. The van der Waals surface area contributed by atoms with Crippen molar-refractivity contribution in [1.82, 2.24) is 15.1 Å². The molecule has 5 nitrogen and oxygen atoms in total. The minimum absolute atomic E-state index is 0.174. The number of halogens is 1. The van der Waals surface area contributed by atoms with Crippen molar-refractivity contribution in [3.8, 4) is 0 Å². The summed E-state index contributed by atoms with van der Waals surface area (Å²) in [7, 11) is 0. The maximum absolute atomic E-state index is 12.1. The number of aryl methyl sites for hydroxylation is 1. The average molecular weight is 333 g/mol. The van der Waals surface area contributed by atoms with Crippen molar-refractivity contribution in [3.63, 3.8) is 0 Å². The van der Waals surface area contributed by atoms with Gasteiger partial charge in [-0.05, 0) is 56.4 Å². The predicted octanol–water partition coefficient (Wildman–Crippen LogP) is 4.15. The van der Waals surface area contributed by atoms with Crippen LogP contribution in [0.15, 0.2) is 36.7 Å². The van der Waals surface area contributed by atoms with Crippen molar-refractivity contribution in [1.29, 1.82) is 0 Å². The maximum Gasteiger partial charge on any atom is 0.319 e. The molecule has 1 aliphatic rings. The number of anilines is 1. The molecule has 2 amide bonds. The smallest absolute Gasteiger partial charge is 0.319 e. The predicted molar refractivity (Wildman–Crippen MR) is 91.9 cm³/mol. The van der Waals surface area contributed by atoms with Crippen LogP contribution in [0.25, 0.3) is 0 Å². The zero-order chi connectivity index (χ0) is 16.2. The molecule has 1 saturated carbocycles. The van der Waals surface area contributed by atoms with Gasteiger partial charge in [0.2, 0.25) is 0 Å². The molecule has 0 bridgehead atoms. The molecular formula is C17H21ClN4O. The quantitative estimate of drug-likeness (QED) is 0.887. The first-order valence-electron chi connectivity index (χ1n) is 7.94. The van der Waals surface area contributed by atoms with Crippen molar-refractivity contribution in [2.45, 2.75) is 44.7 Å². The lowest BCUT2D eigenvalue weighted by atomic mass is 9.91. The van der Waals surface area contributed by atoms with Crippen LogP contribution < -0.4 is 10.6 Å². The maximum atomic E-state index is 12.1. The van der Waals surface area contributed by atoms with Crippen LogP contribution in [0.1, 0.15) is 37.3 Å². The fourth-order valence-electron chi connectivity index (χ4n) is 3.00. The highest BCUT2D eigenvalue weighted by Crippen LogP contribution is 2.28. The van der Waals surface area contributed by atoms with Crippen molar-refractivity contribution >= 4 is 23.3 Å². The number of nitrogens with zero attached hydrogens (tertiary/aromatic N) is 2. The van der Waals surface area contributed by atoms with Crippen LogP contribution in [0.5, 0.6) is 0 Å². The van der Waals surface area contributed by atoms with Gasteiger partial charge in [-0.3, -0.25) is 4.68 Å². The number of amides is 2. The Kier molecular flexibility index (Phi) is 4.86. The number of hydrogen-bond donors (Lipinski definition) is 2. The van der Waals surface area contributed by atoms with Gasteiger partial charge in [0.25, 0.3) is 0 Å². The first-order valence-corrected chi connectivity index (χ1v) is 8.32. The van der Waals surface area contributed by atoms with Gasteiger partial charge in [0, 0.05) is 29.1 Å². The minimum atomic E-state index is -0.174. The molecule has 0 radical (unpaired) electrons. The van der Waals surface area contributed by atoms with E-state index in [1.807, 2.05) is 42.2 Å². The molecule has 3 rings (SSSR count). The third-order valence-electron chi connectivity index (χ3n) is 4.36. The lowest BCUT2D eigenvalue weighted by Crippen LogP contribution is -2.40. The fourth-order valence-corrected chi connectivity index (χ4v) is 3.19. The molecule has 1 aliphatic carbocycles. The van der Waals surface area contributed by atoms with Crippen molar-refractivity contribution < 1.29 is 4.79 Å². The summed E-state index contributed by atoms with van der Waals surface area (Å²) in [5, 5.41) is 10.8. The number of aromatic nitrogens is 2. The lowest BCUT2D eigenvalue weighted by molar-refractivity contribution is 0.236. The van der Waals surface area contributed by atoms with Crippen LogP contribution in [0, 0.1) is 6.92 Å². The molecule has 6 heteroatoms. The van der Waals surface area contributed by atoms with E-state index >= 15 is 0 Å². The standard InChI is InChI=1S/C17H21ClN4O/c1-12-3-4-14(11-16(12)18)21-17(23)20-13-5-7-15(8-6-13)22-10-2-9-19-22/h2-4,9-11,13,15H,5-8H2,1H3,(H2,20,21,23). The van der Waals surface area contributed by atoms with Gasteiger partial charge in [-0.2, -0.15) is 5.10 Å². The first kappa shape index (κ1) is 15.9. The van der Waals surface area contributed by atoms with Crippen molar-refractivity contribution in [2.24, 2.45) is 0 Å². The second kappa shape index (κ2) is 7.04. The fraction of sp³-hybridized carbons (Fsp3) is 0.412. The summed E-state index contributed by atoms with van der Waals surface area (Å²) in [6.07, 6.45) is 7.81. The Morgan fingerprint density at radius 1 is 1.30 bits per heavy atom. The van der Waals surface area contributed by atoms with Crippen molar-refractivity contribution in [2.75, 3.05) is 5.32 Å². The van der Waals surface area contributed by atoms with E-state index in [2.05, 4.69) is 15.7 Å². The molecule has 1 heterocycles. The summed E-state index contributed by atoms with van der Waals surface area (Å²) >= 11 is 6.07. The minimum Gasteiger partial charge on any atom is -0.335 e. The van der Waals surface area contributed by atoms with Crippen LogP contribution in [0.2, 0.25) is 5.02 Å². The zero-order valence-corrected chi connectivity index (χ0v) is 13.9. The normalized spacial score (nSPS) is 21.0. The molecular weight excluding hydrogens is 312 g/mol. The SMILES string of the molecule is Cc1ccc(NC(=O)NC2CCC(n3cccn3)CC2)cc1Cl. The number of urea groups is 1. The topological polar surface area (TPSA) is 59.0 Å². The zero-order valence-electron chi connectivity index (χ0n) is 13.1. The summed E-state index contributed by atoms with van der Waals surface area (Å²) in [5.41, 5.74) is 1.71. The summed E-state index contributed by atoms with van der Waals surface area (Å²) in [6.45, 7) is 1.93. The van der Waals surface area contributed by atoms with E-state index in [4.69, 9.17) is 11.6 Å². The molecule has 0 atom stereocenters. The Morgan fingerprint density at radius 2 is 2.09 bits per heavy atom. The number of carbonyl (C=O) groups excluding carboxylic acids is 1. The highest BCUT2D eigenvalue weighted by Gasteiger charge is 2.23. The Hall–Kier alpha value is -2.01. The highest BCUT2D eigenvalue weighted by molar-refractivity contribution is 6.31. The van der Waals surface area contributed by atoms with E-state index in [9.17, 15) is 4.79 Å². The summed E-state index contributed by atoms with van der Waals surface area (Å²) < 4.78 is 2.02. The van der Waals surface area contributed by atoms with Crippen LogP contribution in [0.4, 0.5) is 10.5 Å². The molecule has 0 saturated heterocycles. The number of rotatable bonds is 3. The molecule has 122 valence electrons. The number of nitrogens with one attached hydrogen (secondary N) is 2. The first-order chi connectivity index (χ1) is 11.1. The summed E-state index contributed by atoms with van der Waals surface area (Å²) in [4.78, 5) is 12.1. The van der Waals surface area contributed by atoms with Gasteiger partial charge in [0.1, 0.15) is 0 Å². The van der Waals surface area contributed by atoms with Crippen LogP contribution in [-0.2, 0) is 0 Å². The molecule has 0 unspecified atom stereocenters. The van der Waals surface area contributed by atoms with E-state index in [1.54, 1.807) is 6.07 Å². The molecule has 23 heavy (non-hydrogen) atoms. The van der Waals surface area contributed by atoms with Gasteiger partial charge in [0.05, 0.1) is 6.04 Å². The lowest BCUT2D eigenvalue weighted by Gasteiger charge is -2.29. The Balaban J connectivity index is 1.48. The number of benzene rings is 1. The summed E-state index contributed by atoms with van der Waals surface area (Å²) in [5.74, 6) is 0. The Bertz CT molecular complexity index is 663. The third-order valence-corrected chi connectivity index (χ3v) is 4.77. The number of carbonyl (C=O) groups is 1. The van der Waals surface area contributed by atoms with Gasteiger partial charge < -0.3 is 10.6 Å². The van der Waals surface area contributed by atoms with Crippen LogP contribution in [0.3, 0.4) is 0 Å². The third kappa shape index (κ3) is 4.05. The van der Waals surface area contributed by atoms with Crippen LogP contribution in [-0.4, -0.2) is 21.9 Å². The van der Waals surface area contributed by atoms with E-state index in [1.165, 1.54) is 0 Å². The molecule has 1 aromatic carbocycles. The van der Waals surface area contributed by atoms with Gasteiger partial charge in [-0.15, -0.1) is 0 Å². The molecule has 2 N–H and O–H groups in total. The second-order valence-corrected chi connectivity index (χ2v) is 6.46. The molecule has 2 aromatic rings. The Morgan fingerprint density at radius 3 is 2.74 bits per heavy atom. The molecule has 0 spiro atoms. The number of hydrogen-bond acceptors (Lipinski definition) is 2. The summed E-state index contributed by atoms with van der Waals surface area (Å²) in [6, 6.07) is 7.95. The van der Waals surface area contributed by atoms with Crippen molar-refractivity contribution in [3.05, 3.63) is 47.2 Å². The Labute approximate surface area is 141 Å². The van der Waals surface area contributed by atoms with Crippen LogP contribution >= 0.6 is 11.6 Å². The molecule has 0 aliphatic heterocycles. The van der Waals surface area contributed by atoms with E-state index < -0.39 is 0 Å².